The SMILES string of the molecule is Cn1ncc2c(NCc3ccc(NS(=O)(=O)O)cc3Cl)ccnc21. The van der Waals surface area contributed by atoms with E-state index >= 15 is 0 Å². The second kappa shape index (κ2) is 6.27. The minimum absolute atomic E-state index is 0.185. The number of rotatable bonds is 5. The molecule has 3 N–H and O–H groups in total. The second-order valence-electron chi connectivity index (χ2n) is 5.10. The first-order valence-electron chi connectivity index (χ1n) is 6.88. The van der Waals surface area contributed by atoms with E-state index in [1.54, 1.807) is 23.1 Å². The molecule has 0 amide bonds. The normalized spacial score (nSPS) is 11.6. The van der Waals surface area contributed by atoms with Gasteiger partial charge in [0, 0.05) is 30.5 Å². The molecule has 0 radical (unpaired) electrons. The fourth-order valence-corrected chi connectivity index (χ4v) is 2.97. The number of pyridine rings is 1. The molecule has 3 rings (SSSR count). The highest BCUT2D eigenvalue weighted by Gasteiger charge is 2.09. The molecule has 1 aromatic carbocycles. The molecule has 0 unspecified atom stereocenters. The number of hydrogen-bond acceptors (Lipinski definition) is 5. The summed E-state index contributed by atoms with van der Waals surface area (Å²) >= 11 is 6.16. The zero-order valence-corrected chi connectivity index (χ0v) is 14.1. The quantitative estimate of drug-likeness (QED) is 0.597. The van der Waals surface area contributed by atoms with Gasteiger partial charge in [0.05, 0.1) is 17.3 Å². The Hall–Kier alpha value is -2.36. The van der Waals surface area contributed by atoms with Gasteiger partial charge in [-0.15, -0.1) is 0 Å². The summed E-state index contributed by atoms with van der Waals surface area (Å²) in [5.74, 6) is 0. The molecule has 126 valence electrons. The molecule has 0 saturated heterocycles. The van der Waals surface area contributed by atoms with Crippen LogP contribution in [0, 0.1) is 0 Å². The van der Waals surface area contributed by atoms with Gasteiger partial charge < -0.3 is 5.32 Å². The summed E-state index contributed by atoms with van der Waals surface area (Å²) in [6.45, 7) is 0.430. The Morgan fingerprint density at radius 3 is 2.83 bits per heavy atom. The Labute approximate surface area is 143 Å². The van der Waals surface area contributed by atoms with E-state index in [0.29, 0.717) is 11.6 Å². The third-order valence-electron chi connectivity index (χ3n) is 3.40. The molecule has 2 heterocycles. The van der Waals surface area contributed by atoms with Gasteiger partial charge in [-0.1, -0.05) is 17.7 Å². The van der Waals surface area contributed by atoms with Crippen LogP contribution in [-0.2, 0) is 23.9 Å². The summed E-state index contributed by atoms with van der Waals surface area (Å²) in [7, 11) is -2.51. The van der Waals surface area contributed by atoms with E-state index in [9.17, 15) is 8.42 Å². The molecular formula is C14H14ClN5O3S. The Balaban J connectivity index is 1.79. The monoisotopic (exact) mass is 367 g/mol. The van der Waals surface area contributed by atoms with Crippen LogP contribution in [0.4, 0.5) is 11.4 Å². The average molecular weight is 368 g/mol. The van der Waals surface area contributed by atoms with Crippen molar-refractivity contribution in [2.75, 3.05) is 10.0 Å². The summed E-state index contributed by atoms with van der Waals surface area (Å²) in [5, 5.41) is 8.69. The van der Waals surface area contributed by atoms with Gasteiger partial charge in [0.1, 0.15) is 0 Å². The van der Waals surface area contributed by atoms with Crippen molar-refractivity contribution >= 4 is 44.3 Å². The second-order valence-corrected chi connectivity index (χ2v) is 6.66. The van der Waals surface area contributed by atoms with Gasteiger partial charge in [-0.2, -0.15) is 13.5 Å². The van der Waals surface area contributed by atoms with Crippen molar-refractivity contribution in [1.29, 1.82) is 0 Å². The molecule has 0 spiro atoms. The Bertz CT molecular complexity index is 1000. The van der Waals surface area contributed by atoms with Crippen LogP contribution in [0.25, 0.3) is 11.0 Å². The van der Waals surface area contributed by atoms with Crippen LogP contribution in [0.3, 0.4) is 0 Å². The van der Waals surface area contributed by atoms with Crippen molar-refractivity contribution in [2.24, 2.45) is 7.05 Å². The van der Waals surface area contributed by atoms with E-state index in [0.717, 1.165) is 22.3 Å². The Morgan fingerprint density at radius 2 is 2.12 bits per heavy atom. The van der Waals surface area contributed by atoms with Crippen molar-refractivity contribution in [1.82, 2.24) is 14.8 Å². The topological polar surface area (TPSA) is 109 Å². The van der Waals surface area contributed by atoms with E-state index in [4.69, 9.17) is 16.2 Å². The highest BCUT2D eigenvalue weighted by molar-refractivity contribution is 7.87. The van der Waals surface area contributed by atoms with Gasteiger partial charge >= 0.3 is 10.3 Å². The first-order valence-corrected chi connectivity index (χ1v) is 8.69. The third-order valence-corrected chi connectivity index (χ3v) is 4.25. The molecule has 0 aliphatic rings. The number of aromatic nitrogens is 3. The van der Waals surface area contributed by atoms with Gasteiger partial charge in [-0.25, -0.2) is 4.98 Å². The number of nitrogens with zero attached hydrogens (tertiary/aromatic N) is 3. The predicted octanol–water partition coefficient (Wildman–Crippen LogP) is 2.45. The lowest BCUT2D eigenvalue weighted by molar-refractivity contribution is 0.489. The van der Waals surface area contributed by atoms with Crippen LogP contribution in [-0.4, -0.2) is 27.7 Å². The van der Waals surface area contributed by atoms with E-state index in [2.05, 4.69) is 15.4 Å². The van der Waals surface area contributed by atoms with E-state index in [1.165, 1.54) is 12.1 Å². The Kier molecular flexibility index (Phi) is 4.31. The molecule has 0 atom stereocenters. The molecule has 3 aromatic rings. The lowest BCUT2D eigenvalue weighted by atomic mass is 10.2. The van der Waals surface area contributed by atoms with Crippen LogP contribution < -0.4 is 10.0 Å². The minimum Gasteiger partial charge on any atom is -0.380 e. The highest BCUT2D eigenvalue weighted by atomic mass is 35.5. The minimum atomic E-state index is -4.32. The van der Waals surface area contributed by atoms with Gasteiger partial charge in [0.25, 0.3) is 0 Å². The number of fused-ring (bicyclic) bond motifs is 1. The predicted molar refractivity (Wildman–Crippen MR) is 92.5 cm³/mol. The zero-order chi connectivity index (χ0) is 17.3. The van der Waals surface area contributed by atoms with Crippen molar-refractivity contribution in [3.8, 4) is 0 Å². The standard InChI is InChI=1S/C14H14ClN5O3S/c1-20-14-11(8-18-20)13(4-5-16-14)17-7-9-2-3-10(6-12(9)15)19-24(21,22)23/h2-6,8,19H,7H2,1H3,(H,16,17)(H,21,22,23). The number of halogens is 1. The van der Waals surface area contributed by atoms with Crippen LogP contribution in [0.1, 0.15) is 5.56 Å². The lowest BCUT2D eigenvalue weighted by Crippen LogP contribution is -2.10. The lowest BCUT2D eigenvalue weighted by Gasteiger charge is -2.10. The molecule has 0 bridgehead atoms. The number of anilines is 2. The molecular weight excluding hydrogens is 354 g/mol. The summed E-state index contributed by atoms with van der Waals surface area (Å²) in [6.07, 6.45) is 3.42. The van der Waals surface area contributed by atoms with Crippen molar-refractivity contribution < 1.29 is 13.0 Å². The first kappa shape index (κ1) is 16.5. The third kappa shape index (κ3) is 3.58. The van der Waals surface area contributed by atoms with Crippen LogP contribution >= 0.6 is 11.6 Å². The maximum absolute atomic E-state index is 10.8. The number of aryl methyl sites for hydroxylation is 1. The van der Waals surface area contributed by atoms with Crippen molar-refractivity contribution in [2.45, 2.75) is 6.54 Å². The van der Waals surface area contributed by atoms with E-state index < -0.39 is 10.3 Å². The fourth-order valence-electron chi connectivity index (χ4n) is 2.29. The summed E-state index contributed by atoms with van der Waals surface area (Å²) in [6, 6.07) is 6.46. The molecule has 0 aliphatic carbocycles. The van der Waals surface area contributed by atoms with E-state index in [-0.39, 0.29) is 5.69 Å². The van der Waals surface area contributed by atoms with Gasteiger partial charge in [0.2, 0.25) is 0 Å². The number of nitrogens with one attached hydrogen (secondary N) is 2. The van der Waals surface area contributed by atoms with Gasteiger partial charge in [0.15, 0.2) is 5.65 Å². The molecule has 10 heteroatoms. The molecule has 2 aromatic heterocycles. The van der Waals surface area contributed by atoms with E-state index in [1.807, 2.05) is 17.8 Å². The zero-order valence-electron chi connectivity index (χ0n) is 12.6. The smallest absolute Gasteiger partial charge is 0.357 e. The Morgan fingerprint density at radius 1 is 1.33 bits per heavy atom. The maximum Gasteiger partial charge on any atom is 0.357 e. The van der Waals surface area contributed by atoms with Crippen molar-refractivity contribution in [3.05, 3.63) is 47.2 Å². The average Bonchev–Trinajstić information content (AvgIpc) is 2.87. The number of hydrogen-bond donors (Lipinski definition) is 3. The molecule has 24 heavy (non-hydrogen) atoms. The molecule has 8 nitrogen and oxygen atoms in total. The first-order chi connectivity index (χ1) is 11.3. The fraction of sp³-hybridized carbons (Fsp3) is 0.143. The van der Waals surface area contributed by atoms with Crippen molar-refractivity contribution in [3.63, 3.8) is 0 Å². The molecule has 0 saturated carbocycles. The highest BCUT2D eigenvalue weighted by Crippen LogP contribution is 2.25. The van der Waals surface area contributed by atoms with Crippen LogP contribution in [0.2, 0.25) is 5.02 Å². The van der Waals surface area contributed by atoms with Gasteiger partial charge in [-0.3, -0.25) is 14.0 Å². The molecule has 0 fully saturated rings. The largest absolute Gasteiger partial charge is 0.380 e. The van der Waals surface area contributed by atoms with Crippen LogP contribution in [0.15, 0.2) is 36.7 Å². The summed E-state index contributed by atoms with van der Waals surface area (Å²) in [4.78, 5) is 4.27. The van der Waals surface area contributed by atoms with Crippen LogP contribution in [0.5, 0.6) is 0 Å². The van der Waals surface area contributed by atoms with Gasteiger partial charge in [-0.05, 0) is 23.8 Å². The maximum atomic E-state index is 10.8. The summed E-state index contributed by atoms with van der Waals surface area (Å²) in [5.41, 5.74) is 2.58. The summed E-state index contributed by atoms with van der Waals surface area (Å²) < 4.78 is 34.0. The molecule has 0 aliphatic heterocycles. The number of benzene rings is 1.